The van der Waals surface area contributed by atoms with Crippen LogP contribution in [0.15, 0.2) is 78.9 Å². The van der Waals surface area contributed by atoms with E-state index in [1.165, 1.54) is 30.4 Å². The molecule has 0 aliphatic carbocycles. The van der Waals surface area contributed by atoms with Gasteiger partial charge in [0.15, 0.2) is 11.5 Å². The summed E-state index contributed by atoms with van der Waals surface area (Å²) in [5.41, 5.74) is 3.42. The lowest BCUT2D eigenvalue weighted by molar-refractivity contribution is 0.0780. The van der Waals surface area contributed by atoms with E-state index in [1.54, 1.807) is 20.3 Å². The van der Waals surface area contributed by atoms with Gasteiger partial charge in [0.1, 0.15) is 0 Å². The minimum absolute atomic E-state index is 0.0611. The molecular weight excluding hydrogens is 460 g/mol. The monoisotopic (exact) mass is 498 g/mol. The van der Waals surface area contributed by atoms with Crippen LogP contribution in [-0.2, 0) is 6.42 Å². The smallest absolute Gasteiger partial charge is 0.254 e. The summed E-state index contributed by atoms with van der Waals surface area (Å²) < 4.78 is 10.8. The highest BCUT2D eigenvalue weighted by Crippen LogP contribution is 2.36. The van der Waals surface area contributed by atoms with E-state index in [-0.39, 0.29) is 5.91 Å². The van der Waals surface area contributed by atoms with Crippen molar-refractivity contribution in [3.8, 4) is 11.5 Å². The topological polar surface area (TPSA) is 42.0 Å². The number of hydrogen-bond acceptors (Lipinski definition) is 4. The minimum atomic E-state index is 0.0611. The van der Waals surface area contributed by atoms with Crippen molar-refractivity contribution in [1.82, 2.24) is 9.80 Å². The number of piperidine rings is 1. The Balaban J connectivity index is 1.26. The Labute approximate surface area is 221 Å². The van der Waals surface area contributed by atoms with Gasteiger partial charge in [-0.05, 0) is 73.5 Å². The van der Waals surface area contributed by atoms with Crippen molar-refractivity contribution in [3.05, 3.63) is 95.6 Å². The normalized spacial score (nSPS) is 20.6. The maximum absolute atomic E-state index is 13.6. The van der Waals surface area contributed by atoms with Crippen LogP contribution >= 0.6 is 0 Å². The number of carbonyl (C=O) groups is 1. The van der Waals surface area contributed by atoms with E-state index < -0.39 is 0 Å². The second-order valence-electron chi connectivity index (χ2n) is 10.5. The van der Waals surface area contributed by atoms with Gasteiger partial charge < -0.3 is 19.3 Å². The van der Waals surface area contributed by atoms with Gasteiger partial charge in [-0.1, -0.05) is 60.7 Å². The van der Waals surface area contributed by atoms with E-state index in [1.807, 2.05) is 17.0 Å². The quantitative estimate of drug-likeness (QED) is 0.411. The zero-order valence-corrected chi connectivity index (χ0v) is 22.0. The summed E-state index contributed by atoms with van der Waals surface area (Å²) in [4.78, 5) is 18.2. The predicted octanol–water partition coefficient (Wildman–Crippen LogP) is 5.51. The Morgan fingerprint density at radius 1 is 0.838 bits per heavy atom. The van der Waals surface area contributed by atoms with Gasteiger partial charge in [0.05, 0.1) is 14.2 Å². The molecule has 37 heavy (non-hydrogen) atoms. The van der Waals surface area contributed by atoms with Gasteiger partial charge in [0.2, 0.25) is 0 Å². The second kappa shape index (κ2) is 11.8. The van der Waals surface area contributed by atoms with Crippen LogP contribution < -0.4 is 9.47 Å². The standard InChI is InChI=1S/C32H38N2O3/c1-36-30-14-13-27(20-31(30)37-2)32(35)34-22-28(29(23-34)26-11-7-4-8-12-26)21-33-17-15-25(16-18-33)19-24-9-5-3-6-10-24/h3-14,20,25,28-29H,15-19,21-23H2,1-2H3/t28-,29-/m0/s1. The highest BCUT2D eigenvalue weighted by atomic mass is 16.5. The molecule has 2 heterocycles. The molecule has 5 nitrogen and oxygen atoms in total. The Hall–Kier alpha value is -3.31. The molecule has 3 aromatic carbocycles. The van der Waals surface area contributed by atoms with E-state index in [2.05, 4.69) is 65.6 Å². The summed E-state index contributed by atoms with van der Waals surface area (Å²) in [6.45, 7) is 4.83. The molecule has 1 amide bonds. The Morgan fingerprint density at radius 2 is 1.51 bits per heavy atom. The van der Waals surface area contributed by atoms with E-state index >= 15 is 0 Å². The molecule has 0 saturated carbocycles. The zero-order valence-electron chi connectivity index (χ0n) is 22.0. The fraction of sp³-hybridized carbons (Fsp3) is 0.406. The number of likely N-dealkylation sites (tertiary alicyclic amines) is 2. The third-order valence-electron chi connectivity index (χ3n) is 8.15. The number of nitrogens with zero attached hydrogens (tertiary/aromatic N) is 2. The van der Waals surface area contributed by atoms with E-state index in [9.17, 15) is 4.79 Å². The molecule has 194 valence electrons. The first-order valence-corrected chi connectivity index (χ1v) is 13.5. The van der Waals surface area contributed by atoms with Crippen LogP contribution in [0.5, 0.6) is 11.5 Å². The summed E-state index contributed by atoms with van der Waals surface area (Å²) in [5.74, 6) is 2.80. The van der Waals surface area contributed by atoms with Crippen molar-refractivity contribution in [2.45, 2.75) is 25.2 Å². The Kier molecular flexibility index (Phi) is 8.10. The second-order valence-corrected chi connectivity index (χ2v) is 10.5. The summed E-state index contributed by atoms with van der Waals surface area (Å²) in [5, 5.41) is 0. The number of benzene rings is 3. The van der Waals surface area contributed by atoms with Gasteiger partial charge in [-0.3, -0.25) is 4.79 Å². The molecule has 0 unspecified atom stereocenters. The van der Waals surface area contributed by atoms with Crippen molar-refractivity contribution >= 4 is 5.91 Å². The predicted molar refractivity (Wildman–Crippen MR) is 147 cm³/mol. The molecule has 0 spiro atoms. The van der Waals surface area contributed by atoms with Crippen LogP contribution in [0, 0.1) is 11.8 Å². The third kappa shape index (κ3) is 5.99. The Morgan fingerprint density at radius 3 is 2.19 bits per heavy atom. The van der Waals surface area contributed by atoms with Crippen LogP contribution in [0.25, 0.3) is 0 Å². The number of ether oxygens (including phenoxy) is 2. The SMILES string of the molecule is COc1ccc(C(=O)N2C[C@H](CN3CCC(Cc4ccccc4)CC3)[C@H](c3ccccc3)C2)cc1OC. The van der Waals surface area contributed by atoms with Crippen molar-refractivity contribution < 1.29 is 14.3 Å². The third-order valence-corrected chi connectivity index (χ3v) is 8.15. The van der Waals surface area contributed by atoms with Crippen LogP contribution in [0.1, 0.15) is 40.2 Å². The molecule has 2 aliphatic rings. The lowest BCUT2D eigenvalue weighted by Gasteiger charge is -2.34. The molecule has 0 N–H and O–H groups in total. The number of hydrogen-bond donors (Lipinski definition) is 0. The molecular formula is C32H38N2O3. The first-order valence-electron chi connectivity index (χ1n) is 13.5. The van der Waals surface area contributed by atoms with Gasteiger partial charge in [-0.15, -0.1) is 0 Å². The van der Waals surface area contributed by atoms with E-state index in [4.69, 9.17) is 9.47 Å². The maximum Gasteiger partial charge on any atom is 0.254 e. The van der Waals surface area contributed by atoms with Crippen LogP contribution in [0.3, 0.4) is 0 Å². The van der Waals surface area contributed by atoms with Crippen molar-refractivity contribution in [2.75, 3.05) is 46.9 Å². The van der Waals surface area contributed by atoms with Gasteiger partial charge in [-0.2, -0.15) is 0 Å². The molecule has 2 saturated heterocycles. The van der Waals surface area contributed by atoms with Gasteiger partial charge in [0, 0.05) is 31.1 Å². The molecule has 5 heteroatoms. The zero-order chi connectivity index (χ0) is 25.6. The van der Waals surface area contributed by atoms with Gasteiger partial charge >= 0.3 is 0 Å². The number of methoxy groups -OCH3 is 2. The molecule has 0 radical (unpaired) electrons. The summed E-state index contributed by atoms with van der Waals surface area (Å²) in [7, 11) is 3.21. The summed E-state index contributed by atoms with van der Waals surface area (Å²) in [6.07, 6.45) is 3.66. The molecule has 0 bridgehead atoms. The first-order chi connectivity index (χ1) is 18.1. The lowest BCUT2D eigenvalue weighted by Crippen LogP contribution is -2.39. The molecule has 5 rings (SSSR count). The average Bonchev–Trinajstić information content (AvgIpc) is 3.38. The fourth-order valence-electron chi connectivity index (χ4n) is 6.10. The van der Waals surface area contributed by atoms with Crippen molar-refractivity contribution in [3.63, 3.8) is 0 Å². The number of carbonyl (C=O) groups excluding carboxylic acids is 1. The van der Waals surface area contributed by atoms with E-state index in [0.717, 1.165) is 38.6 Å². The fourth-order valence-corrected chi connectivity index (χ4v) is 6.10. The molecule has 3 aromatic rings. The van der Waals surface area contributed by atoms with Crippen LogP contribution in [-0.4, -0.2) is 62.7 Å². The highest BCUT2D eigenvalue weighted by molar-refractivity contribution is 5.95. The highest BCUT2D eigenvalue weighted by Gasteiger charge is 2.38. The van der Waals surface area contributed by atoms with Crippen LogP contribution in [0.4, 0.5) is 0 Å². The molecule has 2 aliphatic heterocycles. The van der Waals surface area contributed by atoms with Gasteiger partial charge in [-0.25, -0.2) is 0 Å². The van der Waals surface area contributed by atoms with Crippen molar-refractivity contribution in [1.29, 1.82) is 0 Å². The number of amides is 1. The molecule has 2 atom stereocenters. The first kappa shape index (κ1) is 25.3. The van der Waals surface area contributed by atoms with E-state index in [0.29, 0.717) is 28.9 Å². The lowest BCUT2D eigenvalue weighted by atomic mass is 9.86. The van der Waals surface area contributed by atoms with Crippen LogP contribution in [0.2, 0.25) is 0 Å². The Bertz CT molecular complexity index is 1160. The average molecular weight is 499 g/mol. The largest absolute Gasteiger partial charge is 0.493 e. The van der Waals surface area contributed by atoms with Gasteiger partial charge in [0.25, 0.3) is 5.91 Å². The molecule has 2 fully saturated rings. The summed E-state index contributed by atoms with van der Waals surface area (Å²) in [6, 6.07) is 27.0. The molecule has 0 aromatic heterocycles. The number of rotatable bonds is 8. The summed E-state index contributed by atoms with van der Waals surface area (Å²) >= 11 is 0. The van der Waals surface area contributed by atoms with Crippen molar-refractivity contribution in [2.24, 2.45) is 11.8 Å². The minimum Gasteiger partial charge on any atom is -0.493 e. The maximum atomic E-state index is 13.6.